The number of rotatable bonds is 3. The van der Waals surface area contributed by atoms with Crippen molar-refractivity contribution >= 4 is 11.9 Å². The maximum Gasteiger partial charge on any atom is 0.277 e. The van der Waals surface area contributed by atoms with Crippen molar-refractivity contribution in [2.24, 2.45) is 7.05 Å². The first-order chi connectivity index (χ1) is 10.7. The Morgan fingerprint density at radius 2 is 2.14 bits per heavy atom. The van der Waals surface area contributed by atoms with Crippen molar-refractivity contribution in [1.29, 1.82) is 5.41 Å². The SMILES string of the molecule is Cn1nc2c(c(C=N)c1=O)N(Cc1ccccc1)CCCO2. The van der Waals surface area contributed by atoms with E-state index < -0.39 is 0 Å². The van der Waals surface area contributed by atoms with Gasteiger partial charge < -0.3 is 15.0 Å². The Kier molecular flexibility index (Phi) is 3.91. The van der Waals surface area contributed by atoms with Crippen LogP contribution in [0.15, 0.2) is 35.1 Å². The molecule has 1 aromatic heterocycles. The molecule has 0 atom stereocenters. The van der Waals surface area contributed by atoms with Crippen molar-refractivity contribution < 1.29 is 4.74 Å². The Morgan fingerprint density at radius 1 is 1.36 bits per heavy atom. The van der Waals surface area contributed by atoms with E-state index in [1.54, 1.807) is 7.05 Å². The summed E-state index contributed by atoms with van der Waals surface area (Å²) in [5, 5.41) is 11.8. The Labute approximate surface area is 128 Å². The number of anilines is 1. The average Bonchev–Trinajstić information content (AvgIpc) is 2.72. The predicted octanol–water partition coefficient (Wildman–Crippen LogP) is 1.57. The van der Waals surface area contributed by atoms with Crippen LogP contribution < -0.4 is 15.2 Å². The topological polar surface area (TPSA) is 71.2 Å². The number of ether oxygens (including phenoxy) is 1. The van der Waals surface area contributed by atoms with Crippen LogP contribution in [0.3, 0.4) is 0 Å². The van der Waals surface area contributed by atoms with E-state index in [1.165, 1.54) is 4.68 Å². The van der Waals surface area contributed by atoms with E-state index in [1.807, 2.05) is 30.3 Å². The molecule has 114 valence electrons. The molecule has 1 aliphatic rings. The maximum atomic E-state index is 12.2. The molecule has 0 unspecified atom stereocenters. The fraction of sp³-hybridized carbons (Fsp3) is 0.312. The fourth-order valence-electron chi connectivity index (χ4n) is 2.65. The predicted molar refractivity (Wildman–Crippen MR) is 85.0 cm³/mol. The molecule has 0 saturated heterocycles. The van der Waals surface area contributed by atoms with E-state index in [-0.39, 0.29) is 5.56 Å². The zero-order valence-corrected chi connectivity index (χ0v) is 12.5. The highest BCUT2D eigenvalue weighted by molar-refractivity contribution is 5.87. The Hall–Kier alpha value is -2.63. The van der Waals surface area contributed by atoms with E-state index in [9.17, 15) is 4.79 Å². The van der Waals surface area contributed by atoms with E-state index in [0.29, 0.717) is 30.3 Å². The minimum absolute atomic E-state index is 0.280. The van der Waals surface area contributed by atoms with Crippen molar-refractivity contribution in [3.63, 3.8) is 0 Å². The molecule has 1 N–H and O–H groups in total. The summed E-state index contributed by atoms with van der Waals surface area (Å²) in [5.74, 6) is 0.425. The molecule has 3 rings (SSSR count). The van der Waals surface area contributed by atoms with E-state index in [2.05, 4.69) is 10.00 Å². The highest BCUT2D eigenvalue weighted by atomic mass is 16.5. The van der Waals surface area contributed by atoms with Gasteiger partial charge in [-0.25, -0.2) is 4.68 Å². The van der Waals surface area contributed by atoms with Crippen LogP contribution in [0.5, 0.6) is 5.88 Å². The lowest BCUT2D eigenvalue weighted by Gasteiger charge is -2.24. The molecule has 6 nitrogen and oxygen atoms in total. The summed E-state index contributed by atoms with van der Waals surface area (Å²) in [7, 11) is 1.57. The van der Waals surface area contributed by atoms with Crippen molar-refractivity contribution in [3.8, 4) is 5.88 Å². The Balaban J connectivity index is 2.09. The summed E-state index contributed by atoms with van der Waals surface area (Å²) in [6.07, 6.45) is 1.94. The fourth-order valence-corrected chi connectivity index (χ4v) is 2.65. The largest absolute Gasteiger partial charge is 0.475 e. The minimum atomic E-state index is -0.280. The van der Waals surface area contributed by atoms with Crippen LogP contribution in [-0.4, -0.2) is 29.1 Å². The number of hydrogen-bond donors (Lipinski definition) is 1. The summed E-state index contributed by atoms with van der Waals surface area (Å²) in [6.45, 7) is 1.98. The molecule has 0 fully saturated rings. The van der Waals surface area contributed by atoms with Crippen LogP contribution in [0.25, 0.3) is 0 Å². The van der Waals surface area contributed by atoms with Crippen LogP contribution in [0.1, 0.15) is 17.5 Å². The molecule has 0 spiro atoms. The second-order valence-electron chi connectivity index (χ2n) is 5.25. The normalized spacial score (nSPS) is 14.0. The molecular formula is C16H18N4O2. The molecule has 0 bridgehead atoms. The van der Waals surface area contributed by atoms with Gasteiger partial charge in [0, 0.05) is 26.4 Å². The first-order valence-electron chi connectivity index (χ1n) is 7.24. The molecule has 0 amide bonds. The maximum absolute atomic E-state index is 12.2. The lowest BCUT2D eigenvalue weighted by atomic mass is 10.1. The van der Waals surface area contributed by atoms with Crippen LogP contribution in [0, 0.1) is 5.41 Å². The lowest BCUT2D eigenvalue weighted by molar-refractivity contribution is 0.302. The van der Waals surface area contributed by atoms with E-state index in [4.69, 9.17) is 10.1 Å². The van der Waals surface area contributed by atoms with Gasteiger partial charge in [0.15, 0.2) is 0 Å². The van der Waals surface area contributed by atoms with Gasteiger partial charge in [0.05, 0.1) is 12.2 Å². The molecule has 0 aliphatic carbocycles. The van der Waals surface area contributed by atoms with Gasteiger partial charge in [0.25, 0.3) is 11.4 Å². The van der Waals surface area contributed by atoms with E-state index >= 15 is 0 Å². The number of fused-ring (bicyclic) bond motifs is 1. The molecule has 6 heteroatoms. The highest BCUT2D eigenvalue weighted by Crippen LogP contribution is 2.31. The first-order valence-corrected chi connectivity index (χ1v) is 7.24. The third-order valence-electron chi connectivity index (χ3n) is 3.71. The van der Waals surface area contributed by atoms with Crippen LogP contribution >= 0.6 is 0 Å². The molecule has 1 aliphatic heterocycles. The summed E-state index contributed by atoms with van der Waals surface area (Å²) in [4.78, 5) is 14.3. The minimum Gasteiger partial charge on any atom is -0.475 e. The zero-order valence-electron chi connectivity index (χ0n) is 12.5. The van der Waals surface area contributed by atoms with E-state index in [0.717, 1.165) is 24.7 Å². The Morgan fingerprint density at radius 3 is 2.86 bits per heavy atom. The third-order valence-corrected chi connectivity index (χ3v) is 3.71. The van der Waals surface area contributed by atoms with Crippen molar-refractivity contribution in [3.05, 3.63) is 51.8 Å². The van der Waals surface area contributed by atoms with Gasteiger partial charge in [-0.3, -0.25) is 4.79 Å². The van der Waals surface area contributed by atoms with Crippen LogP contribution in [-0.2, 0) is 13.6 Å². The van der Waals surface area contributed by atoms with Crippen LogP contribution in [0.2, 0.25) is 0 Å². The van der Waals surface area contributed by atoms with Gasteiger partial charge in [-0.05, 0) is 12.0 Å². The molecule has 0 radical (unpaired) electrons. The number of aromatic nitrogens is 2. The van der Waals surface area contributed by atoms with Crippen LogP contribution in [0.4, 0.5) is 5.69 Å². The summed E-state index contributed by atoms with van der Waals surface area (Å²) >= 11 is 0. The number of benzene rings is 1. The quantitative estimate of drug-likeness (QED) is 0.873. The molecular weight excluding hydrogens is 280 g/mol. The number of aryl methyl sites for hydroxylation is 1. The number of nitrogens with zero attached hydrogens (tertiary/aromatic N) is 3. The summed E-state index contributed by atoms with van der Waals surface area (Å²) in [6, 6.07) is 10.0. The van der Waals surface area contributed by atoms with Crippen molar-refractivity contribution in [1.82, 2.24) is 9.78 Å². The zero-order chi connectivity index (χ0) is 15.5. The molecule has 1 aromatic carbocycles. The molecule has 22 heavy (non-hydrogen) atoms. The Bertz CT molecular complexity index is 740. The van der Waals surface area contributed by atoms with Crippen molar-refractivity contribution in [2.75, 3.05) is 18.1 Å². The van der Waals surface area contributed by atoms with Gasteiger partial charge >= 0.3 is 0 Å². The number of hydrogen-bond acceptors (Lipinski definition) is 5. The van der Waals surface area contributed by atoms with Crippen molar-refractivity contribution in [2.45, 2.75) is 13.0 Å². The van der Waals surface area contributed by atoms with Gasteiger partial charge in [-0.15, -0.1) is 5.10 Å². The third kappa shape index (κ3) is 2.59. The summed E-state index contributed by atoms with van der Waals surface area (Å²) < 4.78 is 6.91. The van der Waals surface area contributed by atoms with Gasteiger partial charge in [-0.2, -0.15) is 0 Å². The van der Waals surface area contributed by atoms with Gasteiger partial charge in [0.2, 0.25) is 0 Å². The molecule has 2 heterocycles. The summed E-state index contributed by atoms with van der Waals surface area (Å²) in [5.41, 5.74) is 1.81. The second-order valence-corrected chi connectivity index (χ2v) is 5.25. The molecule has 0 saturated carbocycles. The second kappa shape index (κ2) is 6.01. The van der Waals surface area contributed by atoms with Gasteiger partial charge in [-0.1, -0.05) is 30.3 Å². The lowest BCUT2D eigenvalue weighted by Crippen LogP contribution is -2.30. The molecule has 2 aromatic rings. The standard InChI is InChI=1S/C16H18N4O2/c1-19-16(21)13(10-17)14-15(18-19)22-9-5-8-20(14)11-12-6-3-2-4-7-12/h2-4,6-7,10,17H,5,8-9,11H2,1H3. The average molecular weight is 298 g/mol. The first kappa shape index (κ1) is 14.3. The number of nitrogens with one attached hydrogen (secondary N) is 1. The van der Waals surface area contributed by atoms with Gasteiger partial charge in [0.1, 0.15) is 5.69 Å². The monoisotopic (exact) mass is 298 g/mol. The smallest absolute Gasteiger partial charge is 0.277 e. The highest BCUT2D eigenvalue weighted by Gasteiger charge is 2.24.